The van der Waals surface area contributed by atoms with Gasteiger partial charge in [0, 0.05) is 18.6 Å². The second-order valence-corrected chi connectivity index (χ2v) is 4.45. The highest BCUT2D eigenvalue weighted by Crippen LogP contribution is 2.26. The highest BCUT2D eigenvalue weighted by Gasteiger charge is 2.10. The number of aryl methyl sites for hydroxylation is 1. The lowest BCUT2D eigenvalue weighted by Crippen LogP contribution is -2.29. The zero-order valence-electron chi connectivity index (χ0n) is 10.7. The van der Waals surface area contributed by atoms with Gasteiger partial charge in [0.25, 0.3) is 5.91 Å². The van der Waals surface area contributed by atoms with E-state index in [4.69, 9.17) is 16.3 Å². The second-order valence-electron chi connectivity index (χ2n) is 4.04. The fourth-order valence-electron chi connectivity index (χ4n) is 1.57. The molecule has 18 heavy (non-hydrogen) atoms. The average Bonchev–Trinajstić information content (AvgIpc) is 2.38. The van der Waals surface area contributed by atoms with Crippen LogP contribution >= 0.6 is 11.6 Å². The van der Waals surface area contributed by atoms with Gasteiger partial charge in [0.05, 0.1) is 7.11 Å². The van der Waals surface area contributed by atoms with E-state index in [1.807, 2.05) is 19.1 Å². The maximum absolute atomic E-state index is 11.1. The molecular formula is C13H16ClNO3. The molecule has 1 aromatic carbocycles. The summed E-state index contributed by atoms with van der Waals surface area (Å²) in [5.74, 6) is 0.205. The molecule has 98 valence electrons. The Morgan fingerprint density at radius 2 is 2.17 bits per heavy atom. The van der Waals surface area contributed by atoms with Crippen LogP contribution in [0.5, 0.6) is 5.75 Å². The van der Waals surface area contributed by atoms with Crippen molar-refractivity contribution in [2.75, 3.05) is 20.7 Å². The molecule has 4 nitrogen and oxygen atoms in total. The summed E-state index contributed by atoms with van der Waals surface area (Å²) >= 11 is 6.06. The van der Waals surface area contributed by atoms with Crippen molar-refractivity contribution < 1.29 is 14.3 Å². The first-order valence-corrected chi connectivity index (χ1v) is 5.90. The van der Waals surface area contributed by atoms with Crippen LogP contribution < -0.4 is 4.74 Å². The Labute approximate surface area is 111 Å². The number of rotatable bonds is 5. The first-order chi connectivity index (χ1) is 8.49. The van der Waals surface area contributed by atoms with Gasteiger partial charge in [-0.15, -0.1) is 0 Å². The van der Waals surface area contributed by atoms with E-state index in [-0.39, 0.29) is 0 Å². The summed E-state index contributed by atoms with van der Waals surface area (Å²) < 4.78 is 5.27. The number of hydrogen-bond acceptors (Lipinski definition) is 3. The smallest absolute Gasteiger partial charge is 0.286 e. The van der Waals surface area contributed by atoms with Gasteiger partial charge in [0.15, 0.2) is 0 Å². The lowest BCUT2D eigenvalue weighted by molar-refractivity contribution is -0.137. The van der Waals surface area contributed by atoms with E-state index >= 15 is 0 Å². The summed E-state index contributed by atoms with van der Waals surface area (Å²) in [4.78, 5) is 22.8. The maximum Gasteiger partial charge on any atom is 0.286 e. The predicted octanol–water partition coefficient (Wildman–Crippen LogP) is 1.86. The van der Waals surface area contributed by atoms with Gasteiger partial charge in [-0.05, 0) is 36.6 Å². The third kappa shape index (κ3) is 3.47. The molecular weight excluding hydrogens is 254 g/mol. The predicted molar refractivity (Wildman–Crippen MR) is 70.1 cm³/mol. The number of ether oxygens (including phenoxy) is 1. The Kier molecular flexibility index (Phi) is 5.16. The van der Waals surface area contributed by atoms with Crippen LogP contribution in [-0.4, -0.2) is 37.8 Å². The molecule has 0 radical (unpaired) electrons. The summed E-state index contributed by atoms with van der Waals surface area (Å²) in [6.45, 7) is 2.34. The van der Waals surface area contributed by atoms with Crippen LogP contribution in [0.1, 0.15) is 11.1 Å². The van der Waals surface area contributed by atoms with Gasteiger partial charge >= 0.3 is 0 Å². The van der Waals surface area contributed by atoms with E-state index in [1.165, 1.54) is 4.90 Å². The number of hydrogen-bond donors (Lipinski definition) is 0. The van der Waals surface area contributed by atoms with E-state index in [0.29, 0.717) is 24.3 Å². The summed E-state index contributed by atoms with van der Waals surface area (Å²) in [5, 5.41) is 0.662. The Bertz CT molecular complexity index is 460. The minimum absolute atomic E-state index is 0.305. The number of likely N-dealkylation sites (N-methyl/N-ethyl adjacent to an activating group) is 1. The van der Waals surface area contributed by atoms with Crippen molar-refractivity contribution >= 4 is 23.8 Å². The lowest BCUT2D eigenvalue weighted by atomic mass is 10.1. The van der Waals surface area contributed by atoms with Gasteiger partial charge in [0.1, 0.15) is 5.75 Å². The molecule has 0 N–H and O–H groups in total. The molecule has 0 bridgehead atoms. The van der Waals surface area contributed by atoms with Crippen molar-refractivity contribution in [1.82, 2.24) is 4.90 Å². The van der Waals surface area contributed by atoms with Crippen molar-refractivity contribution in [3.05, 3.63) is 28.3 Å². The topological polar surface area (TPSA) is 46.6 Å². The van der Waals surface area contributed by atoms with Crippen molar-refractivity contribution in [3.63, 3.8) is 0 Å². The number of carbonyl (C=O) groups is 2. The van der Waals surface area contributed by atoms with Crippen LogP contribution in [-0.2, 0) is 16.0 Å². The molecule has 0 aromatic heterocycles. The Morgan fingerprint density at radius 1 is 1.50 bits per heavy atom. The number of nitrogens with zero attached hydrogens (tertiary/aromatic N) is 1. The first-order valence-electron chi connectivity index (χ1n) is 5.53. The van der Waals surface area contributed by atoms with Crippen LogP contribution in [0.15, 0.2) is 12.1 Å². The number of aldehydes is 1. The third-order valence-corrected chi connectivity index (χ3v) is 3.16. The molecule has 0 saturated heterocycles. The molecule has 1 aromatic rings. The molecule has 0 heterocycles. The van der Waals surface area contributed by atoms with E-state index < -0.39 is 5.91 Å². The van der Waals surface area contributed by atoms with Crippen molar-refractivity contribution in [3.8, 4) is 5.75 Å². The van der Waals surface area contributed by atoms with E-state index in [1.54, 1.807) is 14.2 Å². The SMILES string of the molecule is COc1cc(C)c(Cl)cc1CCN(C)C(=O)C=O. The summed E-state index contributed by atoms with van der Waals surface area (Å²) in [5.41, 5.74) is 1.85. The fraction of sp³-hybridized carbons (Fsp3) is 0.385. The molecule has 1 amide bonds. The fourth-order valence-corrected chi connectivity index (χ4v) is 1.76. The molecule has 0 unspecified atom stereocenters. The number of carbonyl (C=O) groups excluding carboxylic acids is 2. The molecule has 0 aliphatic rings. The largest absolute Gasteiger partial charge is 0.496 e. The average molecular weight is 270 g/mol. The van der Waals surface area contributed by atoms with Gasteiger partial charge in [-0.25, -0.2) is 0 Å². The van der Waals surface area contributed by atoms with E-state index in [0.717, 1.165) is 16.9 Å². The molecule has 0 fully saturated rings. The normalized spacial score (nSPS) is 10.0. The highest BCUT2D eigenvalue weighted by atomic mass is 35.5. The highest BCUT2D eigenvalue weighted by molar-refractivity contribution is 6.31. The lowest BCUT2D eigenvalue weighted by Gasteiger charge is -2.16. The molecule has 0 atom stereocenters. The van der Waals surface area contributed by atoms with Gasteiger partial charge < -0.3 is 9.64 Å². The first kappa shape index (κ1) is 14.5. The van der Waals surface area contributed by atoms with Crippen LogP contribution in [0, 0.1) is 6.92 Å². The summed E-state index contributed by atoms with van der Waals surface area (Å²) in [6, 6.07) is 3.69. The maximum atomic E-state index is 11.1. The Balaban J connectivity index is 2.81. The van der Waals surface area contributed by atoms with Crippen molar-refractivity contribution in [1.29, 1.82) is 0 Å². The Morgan fingerprint density at radius 3 is 2.72 bits per heavy atom. The second kappa shape index (κ2) is 6.40. The van der Waals surface area contributed by atoms with Crippen LogP contribution in [0.3, 0.4) is 0 Å². The van der Waals surface area contributed by atoms with E-state index in [2.05, 4.69) is 0 Å². The number of amides is 1. The third-order valence-electron chi connectivity index (χ3n) is 2.76. The van der Waals surface area contributed by atoms with Gasteiger partial charge in [-0.3, -0.25) is 9.59 Å². The number of methoxy groups -OCH3 is 1. The van der Waals surface area contributed by atoms with E-state index in [9.17, 15) is 9.59 Å². The van der Waals surface area contributed by atoms with Gasteiger partial charge in [-0.2, -0.15) is 0 Å². The van der Waals surface area contributed by atoms with Gasteiger partial charge in [-0.1, -0.05) is 11.6 Å². The van der Waals surface area contributed by atoms with Crippen molar-refractivity contribution in [2.45, 2.75) is 13.3 Å². The standard InChI is InChI=1S/C13H16ClNO3/c1-9-6-12(18-3)10(7-11(9)14)4-5-15(2)13(17)8-16/h6-8H,4-5H2,1-3H3. The minimum Gasteiger partial charge on any atom is -0.496 e. The minimum atomic E-state index is -0.535. The summed E-state index contributed by atoms with van der Waals surface area (Å²) in [6.07, 6.45) is 0.888. The molecule has 5 heteroatoms. The van der Waals surface area contributed by atoms with Gasteiger partial charge in [0.2, 0.25) is 6.29 Å². The van der Waals surface area contributed by atoms with Crippen LogP contribution in [0.2, 0.25) is 5.02 Å². The molecule has 0 spiro atoms. The van der Waals surface area contributed by atoms with Crippen LogP contribution in [0.4, 0.5) is 0 Å². The molecule has 0 saturated carbocycles. The zero-order chi connectivity index (χ0) is 13.7. The zero-order valence-corrected chi connectivity index (χ0v) is 11.5. The summed E-state index contributed by atoms with van der Waals surface area (Å²) in [7, 11) is 3.17. The monoisotopic (exact) mass is 269 g/mol. The van der Waals surface area contributed by atoms with Crippen LogP contribution in [0.25, 0.3) is 0 Å². The Hall–Kier alpha value is -1.55. The number of benzene rings is 1. The van der Waals surface area contributed by atoms with Crippen molar-refractivity contribution in [2.24, 2.45) is 0 Å². The molecule has 0 aliphatic carbocycles. The molecule has 1 rings (SSSR count). The number of halogens is 1. The quantitative estimate of drug-likeness (QED) is 0.605. The molecule has 0 aliphatic heterocycles.